The highest BCUT2D eigenvalue weighted by atomic mass is 32.1. The SMILES string of the molecule is CCNC(=NCc1nc(C)c(C)s1)NC1CCCC(C(F)(F)F)C1. The molecule has 0 aliphatic heterocycles. The van der Waals surface area contributed by atoms with Gasteiger partial charge in [-0.1, -0.05) is 6.42 Å². The molecule has 1 aliphatic carbocycles. The third-order valence-corrected chi connectivity index (χ3v) is 5.33. The molecule has 0 bridgehead atoms. The van der Waals surface area contributed by atoms with Crippen LogP contribution in [0.4, 0.5) is 13.2 Å². The highest BCUT2D eigenvalue weighted by Crippen LogP contribution is 2.37. The minimum atomic E-state index is -4.11. The number of hydrogen-bond acceptors (Lipinski definition) is 3. The summed E-state index contributed by atoms with van der Waals surface area (Å²) in [7, 11) is 0. The van der Waals surface area contributed by atoms with Crippen LogP contribution < -0.4 is 10.6 Å². The summed E-state index contributed by atoms with van der Waals surface area (Å²) in [5, 5.41) is 7.19. The number of thiazole rings is 1. The molecule has 24 heavy (non-hydrogen) atoms. The topological polar surface area (TPSA) is 49.3 Å². The van der Waals surface area contributed by atoms with Gasteiger partial charge in [0, 0.05) is 17.5 Å². The van der Waals surface area contributed by atoms with Crippen molar-refractivity contribution in [3.63, 3.8) is 0 Å². The van der Waals surface area contributed by atoms with Crippen LogP contribution in [-0.4, -0.2) is 29.7 Å². The first kappa shape index (κ1) is 19.0. The molecule has 2 unspecified atom stereocenters. The largest absolute Gasteiger partial charge is 0.391 e. The lowest BCUT2D eigenvalue weighted by Crippen LogP contribution is -2.46. The second-order valence-corrected chi connectivity index (χ2v) is 7.48. The Balaban J connectivity index is 1.98. The summed E-state index contributed by atoms with van der Waals surface area (Å²) in [5.74, 6) is -0.647. The monoisotopic (exact) mass is 362 g/mol. The van der Waals surface area contributed by atoms with Crippen molar-refractivity contribution >= 4 is 17.3 Å². The van der Waals surface area contributed by atoms with Gasteiger partial charge in [0.2, 0.25) is 0 Å². The summed E-state index contributed by atoms with van der Waals surface area (Å²) in [6, 6.07) is -0.192. The Kier molecular flexibility index (Phi) is 6.48. The van der Waals surface area contributed by atoms with Crippen molar-refractivity contribution in [2.24, 2.45) is 10.9 Å². The number of rotatable bonds is 4. The van der Waals surface area contributed by atoms with Crippen molar-refractivity contribution in [3.05, 3.63) is 15.6 Å². The summed E-state index contributed by atoms with van der Waals surface area (Å²) < 4.78 is 38.8. The molecule has 136 valence electrons. The van der Waals surface area contributed by atoms with E-state index >= 15 is 0 Å². The minimum Gasteiger partial charge on any atom is -0.357 e. The molecule has 0 spiro atoms. The fraction of sp³-hybridized carbons (Fsp3) is 0.750. The van der Waals surface area contributed by atoms with Crippen LogP contribution in [0, 0.1) is 19.8 Å². The number of alkyl halides is 3. The van der Waals surface area contributed by atoms with Gasteiger partial charge in [-0.15, -0.1) is 11.3 Å². The maximum absolute atomic E-state index is 12.9. The van der Waals surface area contributed by atoms with Gasteiger partial charge in [0.15, 0.2) is 5.96 Å². The summed E-state index contributed by atoms with van der Waals surface area (Å²) in [6.07, 6.45) is -2.43. The van der Waals surface area contributed by atoms with E-state index in [1.165, 1.54) is 4.88 Å². The Labute approximate surface area is 145 Å². The average molecular weight is 362 g/mol. The summed E-state index contributed by atoms with van der Waals surface area (Å²) in [5.41, 5.74) is 1.00. The van der Waals surface area contributed by atoms with E-state index < -0.39 is 12.1 Å². The Morgan fingerprint density at radius 3 is 2.67 bits per heavy atom. The van der Waals surface area contributed by atoms with Crippen molar-refractivity contribution < 1.29 is 13.2 Å². The molecular formula is C16H25F3N4S. The number of aliphatic imine (C=N–C) groups is 1. The van der Waals surface area contributed by atoms with Crippen LogP contribution in [0.1, 0.15) is 48.2 Å². The third-order valence-electron chi connectivity index (χ3n) is 4.27. The minimum absolute atomic E-state index is 0.114. The highest BCUT2D eigenvalue weighted by Gasteiger charge is 2.42. The first-order valence-electron chi connectivity index (χ1n) is 8.34. The molecule has 2 atom stereocenters. The van der Waals surface area contributed by atoms with Crippen molar-refractivity contribution in [1.29, 1.82) is 0 Å². The van der Waals surface area contributed by atoms with Crippen LogP contribution in [0.5, 0.6) is 0 Å². The molecule has 1 aliphatic rings. The van der Waals surface area contributed by atoms with E-state index in [2.05, 4.69) is 20.6 Å². The first-order valence-corrected chi connectivity index (χ1v) is 9.15. The second kappa shape index (κ2) is 8.18. The van der Waals surface area contributed by atoms with Gasteiger partial charge in [-0.05, 0) is 40.0 Å². The van der Waals surface area contributed by atoms with E-state index in [0.29, 0.717) is 25.5 Å². The van der Waals surface area contributed by atoms with Gasteiger partial charge in [0.25, 0.3) is 0 Å². The van der Waals surface area contributed by atoms with Crippen LogP contribution in [0.25, 0.3) is 0 Å². The average Bonchev–Trinajstić information content (AvgIpc) is 2.83. The van der Waals surface area contributed by atoms with Gasteiger partial charge < -0.3 is 10.6 Å². The number of aryl methyl sites for hydroxylation is 2. The molecule has 0 saturated heterocycles. The molecule has 2 N–H and O–H groups in total. The van der Waals surface area contributed by atoms with E-state index in [-0.39, 0.29) is 18.9 Å². The Bertz CT molecular complexity index is 549. The summed E-state index contributed by atoms with van der Waals surface area (Å²) in [4.78, 5) is 10.1. The zero-order valence-electron chi connectivity index (χ0n) is 14.3. The van der Waals surface area contributed by atoms with Crippen LogP contribution in [-0.2, 0) is 6.54 Å². The summed E-state index contributed by atoms with van der Waals surface area (Å²) >= 11 is 1.60. The van der Waals surface area contributed by atoms with E-state index in [9.17, 15) is 13.2 Å². The molecule has 1 fully saturated rings. The van der Waals surface area contributed by atoms with Gasteiger partial charge in [0.1, 0.15) is 5.01 Å². The standard InChI is InChI=1S/C16H25F3N4S/c1-4-20-15(21-9-14-22-10(2)11(3)24-14)23-13-7-5-6-12(8-13)16(17,18)19/h12-13H,4-9H2,1-3H3,(H2,20,21,23). The summed E-state index contributed by atoms with van der Waals surface area (Å²) in [6.45, 7) is 7.01. The molecule has 0 aromatic carbocycles. The smallest absolute Gasteiger partial charge is 0.357 e. The molecule has 0 amide bonds. The van der Waals surface area contributed by atoms with Crippen LogP contribution in [0.15, 0.2) is 4.99 Å². The van der Waals surface area contributed by atoms with Crippen LogP contribution in [0.3, 0.4) is 0 Å². The van der Waals surface area contributed by atoms with Gasteiger partial charge in [0.05, 0.1) is 18.2 Å². The van der Waals surface area contributed by atoms with Gasteiger partial charge in [-0.25, -0.2) is 9.98 Å². The third kappa shape index (κ3) is 5.36. The van der Waals surface area contributed by atoms with E-state index in [1.807, 2.05) is 20.8 Å². The quantitative estimate of drug-likeness (QED) is 0.630. The number of hydrogen-bond donors (Lipinski definition) is 2. The Hall–Kier alpha value is -1.31. The Morgan fingerprint density at radius 2 is 2.08 bits per heavy atom. The predicted molar refractivity (Wildman–Crippen MR) is 91.3 cm³/mol. The lowest BCUT2D eigenvalue weighted by molar-refractivity contribution is -0.183. The van der Waals surface area contributed by atoms with Crippen molar-refractivity contribution in [2.75, 3.05) is 6.54 Å². The van der Waals surface area contributed by atoms with E-state index in [0.717, 1.165) is 17.1 Å². The molecular weight excluding hydrogens is 337 g/mol. The normalized spacial score (nSPS) is 22.5. The van der Waals surface area contributed by atoms with Gasteiger partial charge in [-0.2, -0.15) is 13.2 Å². The number of halogens is 3. The number of guanidine groups is 1. The molecule has 1 heterocycles. The second-order valence-electron chi connectivity index (χ2n) is 6.19. The lowest BCUT2D eigenvalue weighted by Gasteiger charge is -2.31. The van der Waals surface area contributed by atoms with Crippen molar-refractivity contribution in [1.82, 2.24) is 15.6 Å². The highest BCUT2D eigenvalue weighted by molar-refractivity contribution is 7.11. The maximum atomic E-state index is 12.9. The Morgan fingerprint density at radius 1 is 1.33 bits per heavy atom. The maximum Gasteiger partial charge on any atom is 0.391 e. The van der Waals surface area contributed by atoms with Gasteiger partial charge in [-0.3, -0.25) is 0 Å². The molecule has 4 nitrogen and oxygen atoms in total. The van der Waals surface area contributed by atoms with E-state index in [4.69, 9.17) is 0 Å². The zero-order valence-corrected chi connectivity index (χ0v) is 15.2. The molecule has 8 heteroatoms. The van der Waals surface area contributed by atoms with Gasteiger partial charge >= 0.3 is 6.18 Å². The first-order chi connectivity index (χ1) is 11.3. The molecule has 1 aromatic heterocycles. The van der Waals surface area contributed by atoms with Crippen LogP contribution in [0.2, 0.25) is 0 Å². The molecule has 1 saturated carbocycles. The number of nitrogens with zero attached hydrogens (tertiary/aromatic N) is 2. The lowest BCUT2D eigenvalue weighted by atomic mass is 9.85. The molecule has 2 rings (SSSR count). The zero-order chi connectivity index (χ0) is 17.7. The molecule has 1 aromatic rings. The van der Waals surface area contributed by atoms with Crippen molar-refractivity contribution in [3.8, 4) is 0 Å². The number of nitrogens with one attached hydrogen (secondary N) is 2. The predicted octanol–water partition coefficient (Wildman–Crippen LogP) is 3.94. The van der Waals surface area contributed by atoms with Crippen molar-refractivity contribution in [2.45, 2.75) is 65.2 Å². The van der Waals surface area contributed by atoms with E-state index in [1.54, 1.807) is 11.3 Å². The fourth-order valence-electron chi connectivity index (χ4n) is 2.89. The van der Waals surface area contributed by atoms with Crippen LogP contribution >= 0.6 is 11.3 Å². The molecule has 0 radical (unpaired) electrons. The number of aromatic nitrogens is 1. The fourth-order valence-corrected chi connectivity index (χ4v) is 3.74.